The average Bonchev–Trinajstić information content (AvgIpc) is 3.37. The molecule has 0 fully saturated rings. The zero-order valence-corrected chi connectivity index (χ0v) is 14.2. The largest absolute Gasteiger partial charge is 0.489 e. The Morgan fingerprint density at radius 2 is 1.89 bits per heavy atom. The molecule has 2 aromatic carbocycles. The Bertz CT molecular complexity index is 1230. The number of nitrogen functional groups attached to an aromatic ring is 1. The van der Waals surface area contributed by atoms with Crippen LogP contribution in [0.15, 0.2) is 71.3 Å². The van der Waals surface area contributed by atoms with Crippen molar-refractivity contribution in [3.05, 3.63) is 72.5 Å². The molecular weight excluding hydrogens is 342 g/mol. The summed E-state index contributed by atoms with van der Waals surface area (Å²) >= 11 is 0. The summed E-state index contributed by atoms with van der Waals surface area (Å²) in [5.74, 6) is 2.02. The second-order valence-corrected chi connectivity index (χ2v) is 6.07. The number of anilines is 1. The van der Waals surface area contributed by atoms with Crippen LogP contribution in [0, 0.1) is 0 Å². The van der Waals surface area contributed by atoms with Gasteiger partial charge in [-0.1, -0.05) is 30.3 Å². The Balaban J connectivity index is 1.58. The van der Waals surface area contributed by atoms with Crippen molar-refractivity contribution < 1.29 is 9.15 Å². The van der Waals surface area contributed by atoms with Crippen LogP contribution in [0.2, 0.25) is 0 Å². The molecule has 0 spiro atoms. The summed E-state index contributed by atoms with van der Waals surface area (Å²) in [6.45, 7) is 0.482. The van der Waals surface area contributed by atoms with E-state index in [0.29, 0.717) is 23.8 Å². The topological polar surface area (TPSA) is 91.5 Å². The van der Waals surface area contributed by atoms with Gasteiger partial charge in [-0.15, -0.1) is 5.10 Å². The second kappa shape index (κ2) is 6.14. The summed E-state index contributed by atoms with van der Waals surface area (Å²) in [5.41, 5.74) is 8.48. The lowest BCUT2D eigenvalue weighted by atomic mass is 10.2. The normalized spacial score (nSPS) is 11.3. The maximum atomic E-state index is 6.05. The third-order valence-corrected chi connectivity index (χ3v) is 4.26. The minimum Gasteiger partial charge on any atom is -0.489 e. The van der Waals surface area contributed by atoms with E-state index in [1.54, 1.807) is 18.4 Å². The first kappa shape index (κ1) is 15.4. The number of hydrogen-bond donors (Lipinski definition) is 1. The predicted octanol–water partition coefficient (Wildman–Crippen LogP) is 3.70. The minimum absolute atomic E-state index is 0.265. The van der Waals surface area contributed by atoms with Crippen LogP contribution >= 0.6 is 0 Å². The minimum atomic E-state index is 0.265. The Labute approximate surface area is 154 Å². The highest BCUT2D eigenvalue weighted by atomic mass is 16.5. The fourth-order valence-electron chi connectivity index (χ4n) is 2.95. The number of nitrogens with zero attached hydrogens (tertiary/aromatic N) is 4. The molecule has 0 saturated heterocycles. The number of aromatic nitrogens is 4. The Kier molecular flexibility index (Phi) is 3.50. The van der Waals surface area contributed by atoms with Crippen molar-refractivity contribution in [3.8, 4) is 17.3 Å². The highest BCUT2D eigenvalue weighted by molar-refractivity contribution is 5.93. The van der Waals surface area contributed by atoms with E-state index >= 15 is 0 Å². The molecule has 0 bridgehead atoms. The number of hydrogen-bond acceptors (Lipinski definition) is 6. The predicted molar refractivity (Wildman–Crippen MR) is 101 cm³/mol. The van der Waals surface area contributed by atoms with Crippen LogP contribution in [-0.2, 0) is 6.61 Å². The first-order valence-electron chi connectivity index (χ1n) is 8.44. The Morgan fingerprint density at radius 1 is 1.00 bits per heavy atom. The third-order valence-electron chi connectivity index (χ3n) is 4.26. The molecule has 5 aromatic rings. The lowest BCUT2D eigenvalue weighted by molar-refractivity contribution is 0.306. The SMILES string of the molecule is Nc1nc2ccc(OCc3ccccc3)cc2c2nc(-c3ccco3)nn12. The van der Waals surface area contributed by atoms with Crippen molar-refractivity contribution in [1.29, 1.82) is 0 Å². The molecule has 0 saturated carbocycles. The molecule has 3 aromatic heterocycles. The summed E-state index contributed by atoms with van der Waals surface area (Å²) in [6, 6.07) is 19.2. The van der Waals surface area contributed by atoms with E-state index in [1.807, 2.05) is 48.5 Å². The summed E-state index contributed by atoms with van der Waals surface area (Å²) in [7, 11) is 0. The molecule has 7 nitrogen and oxygen atoms in total. The van der Waals surface area contributed by atoms with Gasteiger partial charge in [0.25, 0.3) is 0 Å². The Morgan fingerprint density at radius 3 is 2.70 bits per heavy atom. The summed E-state index contributed by atoms with van der Waals surface area (Å²) in [6.07, 6.45) is 1.58. The lowest BCUT2D eigenvalue weighted by Gasteiger charge is -2.08. The first-order valence-corrected chi connectivity index (χ1v) is 8.44. The van der Waals surface area contributed by atoms with Gasteiger partial charge in [0.2, 0.25) is 11.8 Å². The molecule has 0 atom stereocenters. The standard InChI is InChI=1S/C20H15N5O2/c21-20-22-16-9-8-14(27-12-13-5-2-1-3-6-13)11-15(16)19-23-18(24-25(19)20)17-7-4-10-26-17/h1-11H,12H2,(H2,21,22). The number of ether oxygens (including phenoxy) is 1. The van der Waals surface area contributed by atoms with Crippen molar-refractivity contribution in [2.75, 3.05) is 5.73 Å². The van der Waals surface area contributed by atoms with Gasteiger partial charge in [0, 0.05) is 5.39 Å². The maximum Gasteiger partial charge on any atom is 0.223 e. The van der Waals surface area contributed by atoms with Gasteiger partial charge >= 0.3 is 0 Å². The van der Waals surface area contributed by atoms with Crippen LogP contribution in [-0.4, -0.2) is 19.6 Å². The number of rotatable bonds is 4. The van der Waals surface area contributed by atoms with Crippen LogP contribution < -0.4 is 10.5 Å². The molecule has 0 aliphatic carbocycles. The van der Waals surface area contributed by atoms with Gasteiger partial charge in [-0.3, -0.25) is 0 Å². The van der Waals surface area contributed by atoms with Gasteiger partial charge in [0.05, 0.1) is 11.8 Å². The summed E-state index contributed by atoms with van der Waals surface area (Å²) in [5, 5.41) is 5.22. The highest BCUT2D eigenvalue weighted by Crippen LogP contribution is 2.27. The lowest BCUT2D eigenvalue weighted by Crippen LogP contribution is -2.03. The molecule has 0 aliphatic heterocycles. The van der Waals surface area contributed by atoms with Gasteiger partial charge < -0.3 is 14.9 Å². The smallest absolute Gasteiger partial charge is 0.223 e. The molecule has 3 heterocycles. The number of nitrogens with two attached hydrogens (primary N) is 1. The molecule has 5 rings (SSSR count). The second-order valence-electron chi connectivity index (χ2n) is 6.07. The third kappa shape index (κ3) is 2.75. The van der Waals surface area contributed by atoms with Crippen molar-refractivity contribution >= 4 is 22.5 Å². The van der Waals surface area contributed by atoms with Gasteiger partial charge in [-0.2, -0.15) is 4.52 Å². The monoisotopic (exact) mass is 357 g/mol. The number of fused-ring (bicyclic) bond motifs is 3. The van der Waals surface area contributed by atoms with Crippen molar-refractivity contribution in [2.24, 2.45) is 0 Å². The molecule has 2 N–H and O–H groups in total. The molecule has 0 unspecified atom stereocenters. The molecule has 0 aliphatic rings. The molecule has 0 radical (unpaired) electrons. The van der Waals surface area contributed by atoms with Gasteiger partial charge in [-0.25, -0.2) is 9.97 Å². The van der Waals surface area contributed by atoms with Gasteiger partial charge in [-0.05, 0) is 35.9 Å². The van der Waals surface area contributed by atoms with E-state index in [0.717, 1.165) is 22.2 Å². The zero-order valence-electron chi connectivity index (χ0n) is 14.2. The zero-order chi connectivity index (χ0) is 18.2. The van der Waals surface area contributed by atoms with E-state index in [1.165, 1.54) is 4.52 Å². The van der Waals surface area contributed by atoms with Crippen molar-refractivity contribution in [3.63, 3.8) is 0 Å². The van der Waals surface area contributed by atoms with E-state index in [-0.39, 0.29) is 5.95 Å². The quantitative estimate of drug-likeness (QED) is 0.527. The van der Waals surface area contributed by atoms with Gasteiger partial charge in [0.15, 0.2) is 11.4 Å². The molecule has 132 valence electrons. The van der Waals surface area contributed by atoms with Gasteiger partial charge in [0.1, 0.15) is 12.4 Å². The summed E-state index contributed by atoms with van der Waals surface area (Å²) in [4.78, 5) is 9.00. The fraction of sp³-hybridized carbons (Fsp3) is 0.0500. The van der Waals surface area contributed by atoms with E-state index in [2.05, 4.69) is 15.1 Å². The van der Waals surface area contributed by atoms with E-state index in [9.17, 15) is 0 Å². The molecular formula is C20H15N5O2. The van der Waals surface area contributed by atoms with Crippen LogP contribution in [0.3, 0.4) is 0 Å². The number of furan rings is 1. The Hall–Kier alpha value is -3.87. The summed E-state index contributed by atoms with van der Waals surface area (Å²) < 4.78 is 12.8. The highest BCUT2D eigenvalue weighted by Gasteiger charge is 2.15. The first-order chi connectivity index (χ1) is 13.3. The molecule has 0 amide bonds. The van der Waals surface area contributed by atoms with Crippen LogP contribution in [0.25, 0.3) is 28.1 Å². The fourth-order valence-corrected chi connectivity index (χ4v) is 2.95. The van der Waals surface area contributed by atoms with Crippen LogP contribution in [0.5, 0.6) is 5.75 Å². The van der Waals surface area contributed by atoms with E-state index in [4.69, 9.17) is 14.9 Å². The van der Waals surface area contributed by atoms with Crippen LogP contribution in [0.1, 0.15) is 5.56 Å². The number of benzene rings is 2. The molecule has 27 heavy (non-hydrogen) atoms. The maximum absolute atomic E-state index is 6.05. The van der Waals surface area contributed by atoms with Crippen molar-refractivity contribution in [2.45, 2.75) is 6.61 Å². The van der Waals surface area contributed by atoms with Crippen LogP contribution in [0.4, 0.5) is 5.95 Å². The molecule has 7 heteroatoms. The average molecular weight is 357 g/mol. The van der Waals surface area contributed by atoms with Crippen molar-refractivity contribution in [1.82, 2.24) is 19.6 Å². The van der Waals surface area contributed by atoms with E-state index < -0.39 is 0 Å².